The number of benzene rings is 1. The normalized spacial score (nSPS) is 19.7. The summed E-state index contributed by atoms with van der Waals surface area (Å²) in [5.74, 6) is -0.197. The molecule has 1 aromatic carbocycles. The number of nitrogens with one attached hydrogen (secondary N) is 1. The Labute approximate surface area is 108 Å². The van der Waals surface area contributed by atoms with Crippen LogP contribution >= 0.6 is 12.4 Å². The maximum Gasteiger partial charge on any atom is 0.123 e. The van der Waals surface area contributed by atoms with Crippen LogP contribution in [-0.2, 0) is 11.3 Å². The van der Waals surface area contributed by atoms with Crippen molar-refractivity contribution in [2.24, 2.45) is 0 Å². The number of hydrogen-bond acceptors (Lipinski definition) is 2. The van der Waals surface area contributed by atoms with Crippen LogP contribution in [0, 0.1) is 5.82 Å². The van der Waals surface area contributed by atoms with Gasteiger partial charge in [-0.2, -0.15) is 0 Å². The molecule has 0 saturated carbocycles. The topological polar surface area (TPSA) is 21.3 Å². The lowest BCUT2D eigenvalue weighted by molar-refractivity contribution is 0.0911. The van der Waals surface area contributed by atoms with Gasteiger partial charge in [-0.15, -0.1) is 12.4 Å². The number of ether oxygens (including phenoxy) is 1. The third-order valence-corrected chi connectivity index (χ3v) is 2.91. The highest BCUT2D eigenvalue weighted by Gasteiger charge is 2.11. The molecule has 0 aromatic heterocycles. The second-order valence-corrected chi connectivity index (χ2v) is 4.29. The first-order chi connectivity index (χ1) is 7.84. The maximum absolute atomic E-state index is 12.6. The molecular weight excluding hydrogens is 241 g/mol. The van der Waals surface area contributed by atoms with E-state index in [9.17, 15) is 4.39 Å². The fraction of sp³-hybridized carbons (Fsp3) is 0.538. The van der Waals surface area contributed by atoms with Crippen molar-refractivity contribution < 1.29 is 9.13 Å². The van der Waals surface area contributed by atoms with Gasteiger partial charge in [0.15, 0.2) is 0 Å². The van der Waals surface area contributed by atoms with Crippen molar-refractivity contribution in [3.8, 4) is 0 Å². The minimum atomic E-state index is -0.197. The Hall–Kier alpha value is -0.640. The summed E-state index contributed by atoms with van der Waals surface area (Å²) < 4.78 is 18.3. The summed E-state index contributed by atoms with van der Waals surface area (Å²) in [5.41, 5.74) is 1.03. The summed E-state index contributed by atoms with van der Waals surface area (Å²) in [5, 5.41) is 3.43. The zero-order chi connectivity index (χ0) is 11.2. The standard InChI is InChI=1S/C13H18FNO.ClH/c14-12-6-4-11(5-7-12)9-16-10-13-3-1-2-8-15-13;/h4-7,13,15H,1-3,8-10H2;1H. The zero-order valence-electron chi connectivity index (χ0n) is 9.82. The lowest BCUT2D eigenvalue weighted by Gasteiger charge is -2.23. The van der Waals surface area contributed by atoms with Gasteiger partial charge >= 0.3 is 0 Å². The summed E-state index contributed by atoms with van der Waals surface area (Å²) in [6, 6.07) is 6.97. The highest BCUT2D eigenvalue weighted by atomic mass is 35.5. The molecule has 1 aromatic rings. The maximum atomic E-state index is 12.6. The molecule has 1 unspecified atom stereocenters. The van der Waals surface area contributed by atoms with Crippen LogP contribution in [0.1, 0.15) is 24.8 Å². The smallest absolute Gasteiger partial charge is 0.123 e. The summed E-state index contributed by atoms with van der Waals surface area (Å²) >= 11 is 0. The van der Waals surface area contributed by atoms with Gasteiger partial charge in [-0.25, -0.2) is 4.39 Å². The quantitative estimate of drug-likeness (QED) is 0.898. The van der Waals surface area contributed by atoms with Gasteiger partial charge in [-0.1, -0.05) is 18.6 Å². The van der Waals surface area contributed by atoms with Crippen molar-refractivity contribution in [3.63, 3.8) is 0 Å². The third-order valence-electron chi connectivity index (χ3n) is 2.91. The average Bonchev–Trinajstić information content (AvgIpc) is 2.33. The van der Waals surface area contributed by atoms with E-state index in [4.69, 9.17) is 4.74 Å². The largest absolute Gasteiger partial charge is 0.375 e. The van der Waals surface area contributed by atoms with E-state index in [0.29, 0.717) is 12.6 Å². The van der Waals surface area contributed by atoms with E-state index in [1.165, 1.54) is 31.4 Å². The molecule has 0 spiro atoms. The van der Waals surface area contributed by atoms with Crippen LogP contribution in [0.4, 0.5) is 4.39 Å². The fourth-order valence-electron chi connectivity index (χ4n) is 1.97. The van der Waals surface area contributed by atoms with Crippen LogP contribution < -0.4 is 5.32 Å². The van der Waals surface area contributed by atoms with Crippen molar-refractivity contribution >= 4 is 12.4 Å². The van der Waals surface area contributed by atoms with E-state index < -0.39 is 0 Å². The Morgan fingerprint density at radius 3 is 2.65 bits per heavy atom. The van der Waals surface area contributed by atoms with Gasteiger partial charge in [-0.3, -0.25) is 0 Å². The monoisotopic (exact) mass is 259 g/mol. The van der Waals surface area contributed by atoms with Gasteiger partial charge in [0.1, 0.15) is 5.82 Å². The first-order valence-electron chi connectivity index (χ1n) is 5.90. The highest BCUT2D eigenvalue weighted by Crippen LogP contribution is 2.09. The average molecular weight is 260 g/mol. The second-order valence-electron chi connectivity index (χ2n) is 4.29. The van der Waals surface area contributed by atoms with Crippen molar-refractivity contribution in [1.82, 2.24) is 5.32 Å². The molecule has 4 heteroatoms. The molecule has 1 fully saturated rings. The first kappa shape index (κ1) is 14.4. The van der Waals surface area contributed by atoms with Crippen LogP contribution in [0.25, 0.3) is 0 Å². The van der Waals surface area contributed by atoms with Gasteiger partial charge in [0.05, 0.1) is 13.2 Å². The zero-order valence-corrected chi connectivity index (χ0v) is 10.6. The Balaban J connectivity index is 0.00000144. The second kappa shape index (κ2) is 7.64. The van der Waals surface area contributed by atoms with Crippen LogP contribution in [0.15, 0.2) is 24.3 Å². The van der Waals surface area contributed by atoms with E-state index in [1.54, 1.807) is 12.1 Å². The summed E-state index contributed by atoms with van der Waals surface area (Å²) in [7, 11) is 0. The molecule has 0 bridgehead atoms. The molecule has 1 N–H and O–H groups in total. The van der Waals surface area contributed by atoms with E-state index >= 15 is 0 Å². The molecule has 1 aliphatic rings. The molecule has 2 rings (SSSR count). The van der Waals surface area contributed by atoms with Crippen LogP contribution in [-0.4, -0.2) is 19.2 Å². The Morgan fingerprint density at radius 2 is 2.00 bits per heavy atom. The predicted molar refractivity (Wildman–Crippen MR) is 68.9 cm³/mol. The Bertz CT molecular complexity index is 312. The van der Waals surface area contributed by atoms with Crippen LogP contribution in [0.2, 0.25) is 0 Å². The fourth-order valence-corrected chi connectivity index (χ4v) is 1.97. The number of piperidine rings is 1. The van der Waals surface area contributed by atoms with E-state index in [2.05, 4.69) is 5.32 Å². The molecule has 1 aliphatic heterocycles. The van der Waals surface area contributed by atoms with Crippen molar-refractivity contribution in [3.05, 3.63) is 35.6 Å². The molecule has 17 heavy (non-hydrogen) atoms. The Kier molecular flexibility index (Phi) is 6.48. The van der Waals surface area contributed by atoms with Gasteiger partial charge in [0.25, 0.3) is 0 Å². The number of rotatable bonds is 4. The lowest BCUT2D eigenvalue weighted by atomic mass is 10.1. The molecule has 96 valence electrons. The van der Waals surface area contributed by atoms with Gasteiger partial charge in [0, 0.05) is 6.04 Å². The highest BCUT2D eigenvalue weighted by molar-refractivity contribution is 5.85. The SMILES string of the molecule is Cl.Fc1ccc(COCC2CCCCN2)cc1. The lowest BCUT2D eigenvalue weighted by Crippen LogP contribution is -2.37. The summed E-state index contributed by atoms with van der Waals surface area (Å²) in [6.45, 7) is 2.42. The van der Waals surface area contributed by atoms with Gasteiger partial charge < -0.3 is 10.1 Å². The van der Waals surface area contributed by atoms with Crippen molar-refractivity contribution in [2.75, 3.05) is 13.2 Å². The molecule has 0 amide bonds. The van der Waals surface area contributed by atoms with E-state index in [1.807, 2.05) is 0 Å². The predicted octanol–water partition coefficient (Wildman–Crippen LogP) is 2.91. The molecule has 1 heterocycles. The number of halogens is 2. The Morgan fingerprint density at radius 1 is 1.24 bits per heavy atom. The molecular formula is C13H19ClFNO. The van der Waals surface area contributed by atoms with Gasteiger partial charge in [-0.05, 0) is 37.1 Å². The first-order valence-corrected chi connectivity index (χ1v) is 5.90. The minimum absolute atomic E-state index is 0. The summed E-state index contributed by atoms with van der Waals surface area (Å²) in [4.78, 5) is 0. The minimum Gasteiger partial charge on any atom is -0.375 e. The molecule has 0 radical (unpaired) electrons. The molecule has 2 nitrogen and oxygen atoms in total. The van der Waals surface area contributed by atoms with Crippen LogP contribution in [0.3, 0.4) is 0 Å². The molecule has 1 saturated heterocycles. The third kappa shape index (κ3) is 5.02. The molecule has 0 aliphatic carbocycles. The molecule has 1 atom stereocenters. The number of hydrogen-bond donors (Lipinski definition) is 1. The van der Waals surface area contributed by atoms with Gasteiger partial charge in [0.2, 0.25) is 0 Å². The van der Waals surface area contributed by atoms with Crippen LogP contribution in [0.5, 0.6) is 0 Å². The summed E-state index contributed by atoms with van der Waals surface area (Å²) in [6.07, 6.45) is 3.76. The van der Waals surface area contributed by atoms with E-state index in [0.717, 1.165) is 18.7 Å². The van der Waals surface area contributed by atoms with E-state index in [-0.39, 0.29) is 18.2 Å². The van der Waals surface area contributed by atoms with Crippen molar-refractivity contribution in [1.29, 1.82) is 0 Å². The van der Waals surface area contributed by atoms with Crippen molar-refractivity contribution in [2.45, 2.75) is 31.9 Å².